The van der Waals surface area contributed by atoms with Gasteiger partial charge in [-0.15, -0.1) is 0 Å². The molecule has 0 bridgehead atoms. The molecule has 9 heteroatoms. The summed E-state index contributed by atoms with van der Waals surface area (Å²) >= 11 is 0. The Balaban J connectivity index is 1.23. The summed E-state index contributed by atoms with van der Waals surface area (Å²) in [6.45, 7) is 3.03. The molecule has 5 amide bonds. The number of hydrogen-bond acceptors (Lipinski definition) is 5. The van der Waals surface area contributed by atoms with E-state index in [1.54, 1.807) is 9.80 Å². The molecule has 2 atom stereocenters. The fraction of sp³-hybridized carbons (Fsp3) is 0.655. The molecule has 1 saturated heterocycles. The number of carbonyl (C=O) groups excluding carboxylic acids is 4. The minimum absolute atomic E-state index is 0.0498. The Morgan fingerprint density at radius 1 is 1.03 bits per heavy atom. The van der Waals surface area contributed by atoms with Crippen molar-refractivity contribution in [2.75, 3.05) is 31.1 Å². The molecule has 1 aromatic rings. The molecule has 2 aliphatic heterocycles. The smallest absolute Gasteiger partial charge is 0.327 e. The maximum atomic E-state index is 13.6. The second-order valence-corrected chi connectivity index (χ2v) is 11.2. The first-order valence-corrected chi connectivity index (χ1v) is 14.4. The molecule has 0 spiro atoms. The van der Waals surface area contributed by atoms with Gasteiger partial charge in [0.1, 0.15) is 18.9 Å². The number of benzene rings is 1. The van der Waals surface area contributed by atoms with Gasteiger partial charge < -0.3 is 19.9 Å². The molecular formula is C29H40N4O5. The van der Waals surface area contributed by atoms with Crippen LogP contribution < -0.4 is 15.0 Å². The number of rotatable bonds is 8. The Morgan fingerprint density at radius 2 is 1.79 bits per heavy atom. The molecule has 2 heterocycles. The molecule has 1 N–H and O–H groups in total. The SMILES string of the molecule is Cc1ccc2c(c1)N(C(=O)CN1C(=O)N(CCCCC(=O)NC3CCCC3)C(=O)C3CCCCC31)CCO2. The highest BCUT2D eigenvalue weighted by Gasteiger charge is 2.47. The molecule has 2 aliphatic carbocycles. The molecule has 2 saturated carbocycles. The fourth-order valence-corrected chi connectivity index (χ4v) is 6.50. The highest BCUT2D eigenvalue weighted by molar-refractivity contribution is 6.02. The first kappa shape index (κ1) is 26.5. The van der Waals surface area contributed by atoms with Crippen molar-refractivity contribution in [2.45, 2.75) is 89.6 Å². The van der Waals surface area contributed by atoms with E-state index in [-0.39, 0.29) is 48.8 Å². The molecule has 2 unspecified atom stereocenters. The van der Waals surface area contributed by atoms with Gasteiger partial charge in [0.15, 0.2) is 0 Å². The van der Waals surface area contributed by atoms with Gasteiger partial charge in [-0.25, -0.2) is 4.79 Å². The minimum atomic E-state index is -0.375. The van der Waals surface area contributed by atoms with Crippen molar-refractivity contribution in [1.29, 1.82) is 0 Å². The van der Waals surface area contributed by atoms with E-state index in [1.165, 1.54) is 17.7 Å². The van der Waals surface area contributed by atoms with Crippen molar-refractivity contribution >= 4 is 29.4 Å². The lowest BCUT2D eigenvalue weighted by Crippen LogP contribution is -2.64. The summed E-state index contributed by atoms with van der Waals surface area (Å²) in [6, 6.07) is 5.45. The Labute approximate surface area is 224 Å². The van der Waals surface area contributed by atoms with Crippen molar-refractivity contribution < 1.29 is 23.9 Å². The van der Waals surface area contributed by atoms with Gasteiger partial charge in [-0.2, -0.15) is 0 Å². The number of anilines is 1. The van der Waals surface area contributed by atoms with Gasteiger partial charge in [0, 0.05) is 25.0 Å². The van der Waals surface area contributed by atoms with E-state index in [4.69, 9.17) is 4.74 Å². The van der Waals surface area contributed by atoms with Crippen LogP contribution in [0.4, 0.5) is 10.5 Å². The number of ether oxygens (including phenoxy) is 1. The predicted octanol–water partition coefficient (Wildman–Crippen LogP) is 3.77. The van der Waals surface area contributed by atoms with E-state index < -0.39 is 0 Å². The molecule has 3 fully saturated rings. The molecule has 0 aromatic heterocycles. The Bertz CT molecular complexity index is 1070. The van der Waals surface area contributed by atoms with Crippen molar-refractivity contribution in [1.82, 2.24) is 15.1 Å². The fourth-order valence-electron chi connectivity index (χ4n) is 6.50. The Hall–Kier alpha value is -3.10. The van der Waals surface area contributed by atoms with Crippen molar-refractivity contribution in [3.63, 3.8) is 0 Å². The zero-order chi connectivity index (χ0) is 26.6. The quantitative estimate of drug-likeness (QED) is 0.522. The summed E-state index contributed by atoms with van der Waals surface area (Å²) in [7, 11) is 0. The molecule has 5 rings (SSSR count). The van der Waals surface area contributed by atoms with Gasteiger partial charge in [-0.1, -0.05) is 31.7 Å². The summed E-state index contributed by atoms with van der Waals surface area (Å²) in [5.74, 6) is 0.180. The number of carbonyl (C=O) groups is 4. The largest absolute Gasteiger partial charge is 0.490 e. The summed E-state index contributed by atoms with van der Waals surface area (Å²) in [5.41, 5.74) is 1.76. The molecule has 206 valence electrons. The van der Waals surface area contributed by atoms with Crippen LogP contribution in [0.5, 0.6) is 5.75 Å². The van der Waals surface area contributed by atoms with Gasteiger partial charge in [0.05, 0.1) is 18.2 Å². The van der Waals surface area contributed by atoms with Gasteiger partial charge in [-0.05, 0) is 63.1 Å². The third-order valence-electron chi connectivity index (χ3n) is 8.53. The third kappa shape index (κ3) is 5.66. The summed E-state index contributed by atoms with van der Waals surface area (Å²) in [4.78, 5) is 57.5. The molecular weight excluding hydrogens is 484 g/mol. The zero-order valence-electron chi connectivity index (χ0n) is 22.5. The number of unbranched alkanes of at least 4 members (excludes halogenated alkanes) is 1. The third-order valence-corrected chi connectivity index (χ3v) is 8.53. The topological polar surface area (TPSA) is 99.3 Å². The lowest BCUT2D eigenvalue weighted by Gasteiger charge is -2.47. The van der Waals surface area contributed by atoms with Crippen molar-refractivity contribution in [3.8, 4) is 5.75 Å². The number of fused-ring (bicyclic) bond motifs is 2. The summed E-state index contributed by atoms with van der Waals surface area (Å²) in [5, 5.41) is 3.10. The minimum Gasteiger partial charge on any atom is -0.490 e. The van der Waals surface area contributed by atoms with Crippen LogP contribution in [-0.4, -0.2) is 71.9 Å². The van der Waals surface area contributed by atoms with Gasteiger partial charge in [0.25, 0.3) is 0 Å². The van der Waals surface area contributed by atoms with Crippen LogP contribution >= 0.6 is 0 Å². The van der Waals surface area contributed by atoms with E-state index in [2.05, 4.69) is 5.32 Å². The Kier molecular flexibility index (Phi) is 8.19. The zero-order valence-corrected chi connectivity index (χ0v) is 22.5. The second kappa shape index (κ2) is 11.7. The number of hydrogen-bond donors (Lipinski definition) is 1. The molecule has 1 aromatic carbocycles. The standard InChI is InChI=1S/C29H40N4O5/c1-20-13-14-25-24(18-20)31(16-17-38-25)27(35)19-33-23-11-5-4-10-22(23)28(36)32(29(33)37)15-7-6-12-26(34)30-21-8-2-3-9-21/h13-14,18,21-23H,2-12,15-17,19H2,1H3,(H,30,34). The van der Waals surface area contributed by atoms with Crippen molar-refractivity contribution in [2.24, 2.45) is 5.92 Å². The van der Waals surface area contributed by atoms with Gasteiger partial charge >= 0.3 is 6.03 Å². The van der Waals surface area contributed by atoms with Crippen LogP contribution in [0, 0.1) is 12.8 Å². The summed E-state index contributed by atoms with van der Waals surface area (Å²) < 4.78 is 5.74. The van der Waals surface area contributed by atoms with E-state index in [9.17, 15) is 19.2 Å². The van der Waals surface area contributed by atoms with E-state index in [0.29, 0.717) is 44.2 Å². The van der Waals surface area contributed by atoms with E-state index in [0.717, 1.165) is 49.8 Å². The number of urea groups is 1. The number of nitrogens with zero attached hydrogens (tertiary/aromatic N) is 3. The van der Waals surface area contributed by atoms with Crippen LogP contribution in [0.2, 0.25) is 0 Å². The maximum absolute atomic E-state index is 13.6. The van der Waals surface area contributed by atoms with E-state index >= 15 is 0 Å². The Morgan fingerprint density at radius 3 is 2.61 bits per heavy atom. The van der Waals surface area contributed by atoms with Gasteiger partial charge in [0.2, 0.25) is 17.7 Å². The summed E-state index contributed by atoms with van der Waals surface area (Å²) in [6.07, 6.45) is 9.41. The highest BCUT2D eigenvalue weighted by atomic mass is 16.5. The number of nitrogens with one attached hydrogen (secondary N) is 1. The lowest BCUT2D eigenvalue weighted by molar-refractivity contribution is -0.142. The first-order chi connectivity index (χ1) is 18.4. The highest BCUT2D eigenvalue weighted by Crippen LogP contribution is 2.36. The molecule has 4 aliphatic rings. The molecule has 9 nitrogen and oxygen atoms in total. The predicted molar refractivity (Wildman–Crippen MR) is 143 cm³/mol. The molecule has 0 radical (unpaired) electrons. The number of imide groups is 1. The average Bonchev–Trinajstić information content (AvgIpc) is 3.43. The lowest BCUT2D eigenvalue weighted by atomic mass is 9.81. The second-order valence-electron chi connectivity index (χ2n) is 11.2. The number of amides is 5. The van der Waals surface area contributed by atoms with Crippen molar-refractivity contribution in [3.05, 3.63) is 23.8 Å². The van der Waals surface area contributed by atoms with Crippen LogP contribution in [0.25, 0.3) is 0 Å². The monoisotopic (exact) mass is 524 g/mol. The van der Waals surface area contributed by atoms with Crippen LogP contribution in [0.15, 0.2) is 18.2 Å². The van der Waals surface area contributed by atoms with Gasteiger partial charge in [-0.3, -0.25) is 19.3 Å². The normalized spacial score (nSPS) is 23.7. The molecule has 38 heavy (non-hydrogen) atoms. The van der Waals surface area contributed by atoms with Crippen LogP contribution in [0.1, 0.15) is 76.2 Å². The maximum Gasteiger partial charge on any atom is 0.327 e. The van der Waals surface area contributed by atoms with Crippen LogP contribution in [0.3, 0.4) is 0 Å². The average molecular weight is 525 g/mol. The first-order valence-electron chi connectivity index (χ1n) is 14.4. The van der Waals surface area contributed by atoms with E-state index in [1.807, 2.05) is 25.1 Å². The van der Waals surface area contributed by atoms with Crippen LogP contribution in [-0.2, 0) is 14.4 Å². The number of aryl methyl sites for hydroxylation is 1.